The number of rotatable bonds is 8. The average molecular weight is 354 g/mol. The summed E-state index contributed by atoms with van der Waals surface area (Å²) in [5.41, 5.74) is 0. The summed E-state index contributed by atoms with van der Waals surface area (Å²) in [7, 11) is 1.62. The van der Waals surface area contributed by atoms with Crippen molar-refractivity contribution in [3.8, 4) is 0 Å². The Bertz CT molecular complexity index is 416. The van der Waals surface area contributed by atoms with Crippen LogP contribution in [-0.2, 0) is 9.53 Å². The second-order valence-electron chi connectivity index (χ2n) is 6.93. The number of nitrogens with zero attached hydrogens (tertiary/aromatic N) is 2. The third kappa shape index (κ3) is 7.20. The molecule has 1 saturated carbocycles. The minimum Gasteiger partial charge on any atom is -0.383 e. The molecule has 3 N–H and O–H groups in total. The van der Waals surface area contributed by atoms with E-state index in [1.54, 1.807) is 7.11 Å². The number of methoxy groups -OCH3 is 1. The van der Waals surface area contributed by atoms with Gasteiger partial charge in [-0.1, -0.05) is 12.8 Å². The molecule has 1 heterocycles. The van der Waals surface area contributed by atoms with Crippen molar-refractivity contribution in [1.82, 2.24) is 20.9 Å². The van der Waals surface area contributed by atoms with Crippen LogP contribution in [0.15, 0.2) is 4.99 Å². The third-order valence-electron chi connectivity index (χ3n) is 5.06. The topological polar surface area (TPSA) is 78.0 Å². The maximum absolute atomic E-state index is 11.8. The van der Waals surface area contributed by atoms with E-state index in [1.807, 2.05) is 6.92 Å². The molecule has 1 saturated heterocycles. The van der Waals surface area contributed by atoms with Crippen molar-refractivity contribution in [2.24, 2.45) is 4.99 Å². The molecule has 0 aromatic rings. The Hall–Kier alpha value is -1.34. The molecule has 0 bridgehead atoms. The van der Waals surface area contributed by atoms with Crippen molar-refractivity contribution in [2.75, 3.05) is 46.4 Å². The molecule has 7 nitrogen and oxygen atoms in total. The molecule has 0 atom stereocenters. The molecule has 1 aliphatic heterocycles. The standard InChI is InChI=1S/C18H35N5O2/c1-3-19-18(21-14-17(24)20-10-13-25-2)22-15-8-11-23(12-9-15)16-6-4-5-7-16/h15-16H,3-14H2,1-2H3,(H,20,24)(H2,19,21,22). The normalized spacial score (nSPS) is 20.6. The average Bonchev–Trinajstić information content (AvgIpc) is 3.15. The lowest BCUT2D eigenvalue weighted by Crippen LogP contribution is -2.50. The van der Waals surface area contributed by atoms with Crippen molar-refractivity contribution in [3.05, 3.63) is 0 Å². The van der Waals surface area contributed by atoms with Gasteiger partial charge in [-0.2, -0.15) is 0 Å². The highest BCUT2D eigenvalue weighted by Gasteiger charge is 2.27. The Kier molecular flexibility index (Phi) is 9.04. The molecule has 2 fully saturated rings. The van der Waals surface area contributed by atoms with Crippen LogP contribution in [0.3, 0.4) is 0 Å². The van der Waals surface area contributed by atoms with E-state index in [0.29, 0.717) is 19.2 Å². The van der Waals surface area contributed by atoms with Gasteiger partial charge in [0.15, 0.2) is 5.96 Å². The van der Waals surface area contributed by atoms with Gasteiger partial charge in [-0.3, -0.25) is 4.79 Å². The van der Waals surface area contributed by atoms with Crippen LogP contribution in [0.5, 0.6) is 0 Å². The highest BCUT2D eigenvalue weighted by atomic mass is 16.5. The molecular formula is C18H35N5O2. The van der Waals surface area contributed by atoms with E-state index < -0.39 is 0 Å². The first-order valence-electron chi connectivity index (χ1n) is 9.77. The minimum absolute atomic E-state index is 0.0784. The molecular weight excluding hydrogens is 318 g/mol. The first-order valence-corrected chi connectivity index (χ1v) is 9.77. The molecule has 0 radical (unpaired) electrons. The lowest BCUT2D eigenvalue weighted by Gasteiger charge is -2.36. The van der Waals surface area contributed by atoms with E-state index >= 15 is 0 Å². The predicted octanol–water partition coefficient (Wildman–Crippen LogP) is 0.711. The first-order chi connectivity index (χ1) is 12.2. The van der Waals surface area contributed by atoms with Gasteiger partial charge in [-0.05, 0) is 32.6 Å². The van der Waals surface area contributed by atoms with Crippen molar-refractivity contribution in [1.29, 1.82) is 0 Å². The lowest BCUT2D eigenvalue weighted by molar-refractivity contribution is -0.119. The molecule has 1 aliphatic carbocycles. The van der Waals surface area contributed by atoms with Crippen molar-refractivity contribution < 1.29 is 9.53 Å². The summed E-state index contributed by atoms with van der Waals surface area (Å²) in [5.74, 6) is 0.661. The fourth-order valence-electron chi connectivity index (χ4n) is 3.69. The zero-order valence-electron chi connectivity index (χ0n) is 15.9. The molecule has 0 aromatic carbocycles. The number of carbonyl (C=O) groups excluding carboxylic acids is 1. The largest absolute Gasteiger partial charge is 0.383 e. The van der Waals surface area contributed by atoms with E-state index in [4.69, 9.17) is 4.74 Å². The number of hydrogen-bond donors (Lipinski definition) is 3. The van der Waals surface area contributed by atoms with Crippen molar-refractivity contribution >= 4 is 11.9 Å². The molecule has 144 valence electrons. The Morgan fingerprint density at radius 1 is 1.16 bits per heavy atom. The van der Waals surface area contributed by atoms with Crippen LogP contribution < -0.4 is 16.0 Å². The van der Waals surface area contributed by atoms with Crippen LogP contribution in [-0.4, -0.2) is 75.3 Å². The fraction of sp³-hybridized carbons (Fsp3) is 0.889. The number of amides is 1. The van der Waals surface area contributed by atoms with Crippen molar-refractivity contribution in [3.63, 3.8) is 0 Å². The summed E-state index contributed by atoms with van der Waals surface area (Å²) in [4.78, 5) is 18.8. The molecule has 0 aromatic heterocycles. The van der Waals surface area contributed by atoms with Gasteiger partial charge in [0.2, 0.25) is 5.91 Å². The van der Waals surface area contributed by atoms with E-state index in [-0.39, 0.29) is 12.5 Å². The van der Waals surface area contributed by atoms with Gasteiger partial charge in [-0.15, -0.1) is 0 Å². The number of ether oxygens (including phenoxy) is 1. The van der Waals surface area contributed by atoms with Crippen LogP contribution in [0, 0.1) is 0 Å². The summed E-state index contributed by atoms with van der Waals surface area (Å²) in [6.45, 7) is 6.34. The van der Waals surface area contributed by atoms with Crippen LogP contribution >= 0.6 is 0 Å². The quantitative estimate of drug-likeness (QED) is 0.340. The van der Waals surface area contributed by atoms with Crippen LogP contribution in [0.1, 0.15) is 45.4 Å². The molecule has 0 spiro atoms. The third-order valence-corrected chi connectivity index (χ3v) is 5.06. The number of guanidine groups is 1. The van der Waals surface area contributed by atoms with Gasteiger partial charge >= 0.3 is 0 Å². The fourth-order valence-corrected chi connectivity index (χ4v) is 3.69. The van der Waals surface area contributed by atoms with Gasteiger partial charge in [0.1, 0.15) is 6.54 Å². The number of aliphatic imine (C=N–C) groups is 1. The highest BCUT2D eigenvalue weighted by molar-refractivity contribution is 5.85. The molecule has 7 heteroatoms. The highest BCUT2D eigenvalue weighted by Crippen LogP contribution is 2.26. The lowest BCUT2D eigenvalue weighted by atomic mass is 10.0. The molecule has 0 unspecified atom stereocenters. The number of piperidine rings is 1. The predicted molar refractivity (Wildman–Crippen MR) is 101 cm³/mol. The summed E-state index contributed by atoms with van der Waals surface area (Å²) >= 11 is 0. The van der Waals surface area contributed by atoms with Gasteiger partial charge in [0, 0.05) is 45.4 Å². The monoisotopic (exact) mass is 353 g/mol. The zero-order valence-corrected chi connectivity index (χ0v) is 15.9. The number of likely N-dealkylation sites (tertiary alicyclic amines) is 1. The maximum Gasteiger partial charge on any atom is 0.241 e. The Morgan fingerprint density at radius 2 is 1.88 bits per heavy atom. The van der Waals surface area contributed by atoms with E-state index in [0.717, 1.165) is 31.4 Å². The molecule has 2 aliphatic rings. The Morgan fingerprint density at radius 3 is 2.52 bits per heavy atom. The van der Waals surface area contributed by atoms with E-state index in [9.17, 15) is 4.79 Å². The summed E-state index contributed by atoms with van der Waals surface area (Å²) in [6, 6.07) is 1.26. The van der Waals surface area contributed by atoms with Gasteiger partial charge in [0.25, 0.3) is 0 Å². The molecule has 1 amide bonds. The SMILES string of the molecule is CCNC(=NCC(=O)NCCOC)NC1CCN(C2CCCC2)CC1. The molecule has 2 rings (SSSR count). The smallest absolute Gasteiger partial charge is 0.241 e. The van der Waals surface area contributed by atoms with E-state index in [1.165, 1.54) is 38.8 Å². The van der Waals surface area contributed by atoms with Gasteiger partial charge in [-0.25, -0.2) is 4.99 Å². The zero-order chi connectivity index (χ0) is 17.9. The second kappa shape index (κ2) is 11.3. The second-order valence-corrected chi connectivity index (χ2v) is 6.93. The number of carbonyl (C=O) groups is 1. The van der Waals surface area contributed by atoms with Gasteiger partial charge in [0.05, 0.1) is 6.61 Å². The van der Waals surface area contributed by atoms with Crippen LogP contribution in [0.2, 0.25) is 0 Å². The summed E-state index contributed by atoms with van der Waals surface area (Å²) in [5, 5.41) is 9.53. The van der Waals surface area contributed by atoms with Gasteiger partial charge < -0.3 is 25.6 Å². The summed E-state index contributed by atoms with van der Waals surface area (Å²) in [6.07, 6.45) is 7.82. The summed E-state index contributed by atoms with van der Waals surface area (Å²) < 4.78 is 4.92. The van der Waals surface area contributed by atoms with E-state index in [2.05, 4.69) is 25.8 Å². The minimum atomic E-state index is -0.0784. The maximum atomic E-state index is 11.8. The Labute approximate surface area is 152 Å². The first kappa shape index (κ1) is 20.0. The molecule has 25 heavy (non-hydrogen) atoms. The van der Waals surface area contributed by atoms with Crippen molar-refractivity contribution in [2.45, 2.75) is 57.5 Å². The van der Waals surface area contributed by atoms with Crippen LogP contribution in [0.4, 0.5) is 0 Å². The Balaban J connectivity index is 1.73. The number of nitrogens with one attached hydrogen (secondary N) is 3. The number of hydrogen-bond acceptors (Lipinski definition) is 4. The van der Waals surface area contributed by atoms with Crippen LogP contribution in [0.25, 0.3) is 0 Å².